The number of fused-ring (bicyclic) bond motifs is 1. The maximum absolute atomic E-state index is 12.6. The van der Waals surface area contributed by atoms with Crippen LogP contribution in [0.4, 0.5) is 5.69 Å². The van der Waals surface area contributed by atoms with E-state index in [1.54, 1.807) is 6.92 Å². The first kappa shape index (κ1) is 24.6. The van der Waals surface area contributed by atoms with E-state index in [0.717, 1.165) is 45.4 Å². The van der Waals surface area contributed by atoms with Gasteiger partial charge in [0.1, 0.15) is 0 Å². The fraction of sp³-hybridized carbons (Fsp3) is 0.724. The van der Waals surface area contributed by atoms with Gasteiger partial charge in [-0.05, 0) is 94.3 Å². The van der Waals surface area contributed by atoms with Gasteiger partial charge in [0.25, 0.3) is 0 Å². The highest BCUT2D eigenvalue weighted by Gasteiger charge is 2.48. The van der Waals surface area contributed by atoms with E-state index in [4.69, 9.17) is 0 Å². The van der Waals surface area contributed by atoms with E-state index in [1.807, 2.05) is 0 Å². The van der Waals surface area contributed by atoms with Crippen LogP contribution in [0.25, 0.3) is 0 Å². The van der Waals surface area contributed by atoms with Gasteiger partial charge in [0, 0.05) is 57.3 Å². The third-order valence-corrected chi connectivity index (χ3v) is 9.11. The van der Waals surface area contributed by atoms with E-state index >= 15 is 0 Å². The largest absolute Gasteiger partial charge is 0.371 e. The average Bonchev–Trinajstić information content (AvgIpc) is 2.88. The molecule has 0 bridgehead atoms. The normalized spacial score (nSPS) is 28.3. The van der Waals surface area contributed by atoms with Crippen LogP contribution in [0, 0.1) is 11.8 Å². The molecule has 0 radical (unpaired) electrons. The van der Waals surface area contributed by atoms with Crippen LogP contribution in [0.5, 0.6) is 0 Å². The summed E-state index contributed by atoms with van der Waals surface area (Å²) in [5, 5.41) is 3.15. The molecule has 4 atom stereocenters. The number of nitrogens with zero attached hydrogens (tertiary/aromatic N) is 3. The van der Waals surface area contributed by atoms with E-state index in [0.29, 0.717) is 30.3 Å². The molecule has 3 fully saturated rings. The van der Waals surface area contributed by atoms with Gasteiger partial charge < -0.3 is 15.1 Å². The highest BCUT2D eigenvalue weighted by Crippen LogP contribution is 2.43. The number of hydrogen-bond donors (Lipinski definition) is 1. The molecule has 1 aromatic rings. The van der Waals surface area contributed by atoms with Crippen molar-refractivity contribution in [2.24, 2.45) is 11.8 Å². The molecular weight excluding hydrogens is 436 g/mol. The van der Waals surface area contributed by atoms with Gasteiger partial charge in [0.05, 0.1) is 0 Å². The Hall–Kier alpha value is -2.08. The number of piperidine rings is 3. The van der Waals surface area contributed by atoms with Crippen LogP contribution in [0.3, 0.4) is 0 Å². The molecule has 1 aromatic carbocycles. The number of anilines is 1. The summed E-state index contributed by atoms with van der Waals surface area (Å²) in [4.78, 5) is 32.5. The van der Waals surface area contributed by atoms with Crippen molar-refractivity contribution in [3.8, 4) is 0 Å². The molecule has 4 aliphatic heterocycles. The van der Waals surface area contributed by atoms with Gasteiger partial charge >= 0.3 is 0 Å². The summed E-state index contributed by atoms with van der Waals surface area (Å²) >= 11 is 0. The van der Waals surface area contributed by atoms with Gasteiger partial charge in [0.2, 0.25) is 11.8 Å². The standard InChI is InChI=1S/C29H44N4O2/c1-22(34)33-21-24-11-6-18-32-19-7-12-25(29(24)32)27(33)14-4-15-28(35)30-16-8-20-31-17-5-10-23-9-2-3-13-26(23)31/h2-3,9,13,24-25,27,29H,4-8,10-12,14-21H2,1H3,(H,30,35)/t24-,25+,27+,29-/m0/s1. The van der Waals surface area contributed by atoms with Crippen molar-refractivity contribution in [3.63, 3.8) is 0 Å². The fourth-order valence-electron chi connectivity index (χ4n) is 7.63. The van der Waals surface area contributed by atoms with E-state index in [1.165, 1.54) is 62.9 Å². The van der Waals surface area contributed by atoms with Crippen LogP contribution in [-0.2, 0) is 16.0 Å². The van der Waals surface area contributed by atoms with E-state index in [-0.39, 0.29) is 11.8 Å². The second kappa shape index (κ2) is 11.3. The lowest BCUT2D eigenvalue weighted by atomic mass is 9.69. The number of benzene rings is 1. The predicted molar refractivity (Wildman–Crippen MR) is 140 cm³/mol. The molecule has 0 spiro atoms. The summed E-state index contributed by atoms with van der Waals surface area (Å²) in [6.45, 7) is 7.97. The number of hydrogen-bond acceptors (Lipinski definition) is 4. The Morgan fingerprint density at radius 3 is 2.71 bits per heavy atom. The summed E-state index contributed by atoms with van der Waals surface area (Å²) < 4.78 is 0. The minimum absolute atomic E-state index is 0.162. The Morgan fingerprint density at radius 1 is 1.03 bits per heavy atom. The number of likely N-dealkylation sites (tertiary alicyclic amines) is 1. The highest BCUT2D eigenvalue weighted by atomic mass is 16.2. The zero-order valence-corrected chi connectivity index (χ0v) is 21.6. The number of carbonyl (C=O) groups is 2. The van der Waals surface area contributed by atoms with Crippen molar-refractivity contribution in [2.45, 2.75) is 83.2 Å². The van der Waals surface area contributed by atoms with E-state index in [9.17, 15) is 9.59 Å². The highest BCUT2D eigenvalue weighted by molar-refractivity contribution is 5.76. The third kappa shape index (κ3) is 5.52. The Bertz CT molecular complexity index is 887. The lowest BCUT2D eigenvalue weighted by Crippen LogP contribution is -2.65. The molecule has 4 aliphatic rings. The molecule has 0 aromatic heterocycles. The molecule has 35 heavy (non-hydrogen) atoms. The number of carbonyl (C=O) groups excluding carboxylic acids is 2. The van der Waals surface area contributed by atoms with Crippen LogP contribution in [0.2, 0.25) is 0 Å². The van der Waals surface area contributed by atoms with Crippen LogP contribution in [0.15, 0.2) is 24.3 Å². The molecule has 0 saturated carbocycles. The summed E-state index contributed by atoms with van der Waals surface area (Å²) in [6, 6.07) is 9.68. The Balaban J connectivity index is 1.07. The second-order valence-electron chi connectivity index (χ2n) is 11.3. The number of rotatable bonds is 8. The smallest absolute Gasteiger partial charge is 0.219 e. The zero-order chi connectivity index (χ0) is 24.2. The molecule has 6 nitrogen and oxygen atoms in total. The van der Waals surface area contributed by atoms with Crippen LogP contribution in [0.1, 0.15) is 70.3 Å². The van der Waals surface area contributed by atoms with Crippen molar-refractivity contribution in [3.05, 3.63) is 29.8 Å². The van der Waals surface area contributed by atoms with Crippen molar-refractivity contribution in [1.82, 2.24) is 15.1 Å². The van der Waals surface area contributed by atoms with Crippen LogP contribution in [-0.4, -0.2) is 73.0 Å². The minimum atomic E-state index is 0.162. The van der Waals surface area contributed by atoms with Crippen LogP contribution < -0.4 is 10.2 Å². The summed E-state index contributed by atoms with van der Waals surface area (Å²) in [5.74, 6) is 1.61. The first-order valence-corrected chi connectivity index (χ1v) is 14.2. The number of aryl methyl sites for hydroxylation is 1. The first-order chi connectivity index (χ1) is 17.1. The molecule has 0 aliphatic carbocycles. The fourth-order valence-corrected chi connectivity index (χ4v) is 7.63. The Labute approximate surface area is 211 Å². The molecular formula is C29H44N4O2. The minimum Gasteiger partial charge on any atom is -0.371 e. The summed E-state index contributed by atoms with van der Waals surface area (Å²) in [7, 11) is 0. The number of para-hydroxylation sites is 1. The SMILES string of the molecule is CC(=O)N1C[C@@H]2CCCN3CCC[C@@H]([C@H]23)[C@H]1CCCC(=O)NCCCN1CCCc2ccccc21. The molecule has 6 heteroatoms. The molecule has 3 saturated heterocycles. The van der Waals surface area contributed by atoms with Gasteiger partial charge in [-0.25, -0.2) is 0 Å². The molecule has 5 rings (SSSR count). The van der Waals surface area contributed by atoms with E-state index in [2.05, 4.69) is 44.3 Å². The Morgan fingerprint density at radius 2 is 1.86 bits per heavy atom. The molecule has 1 N–H and O–H groups in total. The quantitative estimate of drug-likeness (QED) is 0.575. The van der Waals surface area contributed by atoms with E-state index < -0.39 is 0 Å². The van der Waals surface area contributed by atoms with Crippen molar-refractivity contribution in [1.29, 1.82) is 0 Å². The summed E-state index contributed by atoms with van der Waals surface area (Å²) in [5.41, 5.74) is 2.82. The van der Waals surface area contributed by atoms with Gasteiger partial charge in [-0.3, -0.25) is 14.5 Å². The first-order valence-electron chi connectivity index (χ1n) is 14.2. The van der Waals surface area contributed by atoms with Gasteiger partial charge in [-0.15, -0.1) is 0 Å². The lowest BCUT2D eigenvalue weighted by Gasteiger charge is -2.57. The molecule has 2 amide bonds. The zero-order valence-electron chi connectivity index (χ0n) is 21.6. The monoisotopic (exact) mass is 480 g/mol. The Kier molecular flexibility index (Phi) is 7.96. The third-order valence-electron chi connectivity index (χ3n) is 9.11. The maximum Gasteiger partial charge on any atom is 0.219 e. The number of amides is 2. The summed E-state index contributed by atoms with van der Waals surface area (Å²) in [6.07, 6.45) is 10.8. The van der Waals surface area contributed by atoms with Gasteiger partial charge in [-0.1, -0.05) is 18.2 Å². The molecule has 4 heterocycles. The van der Waals surface area contributed by atoms with Crippen molar-refractivity contribution < 1.29 is 9.59 Å². The van der Waals surface area contributed by atoms with Gasteiger partial charge in [0.15, 0.2) is 0 Å². The molecule has 192 valence electrons. The number of nitrogens with one attached hydrogen (secondary N) is 1. The average molecular weight is 481 g/mol. The second-order valence-corrected chi connectivity index (χ2v) is 11.3. The maximum atomic E-state index is 12.6. The topological polar surface area (TPSA) is 55.9 Å². The van der Waals surface area contributed by atoms with Gasteiger partial charge in [-0.2, -0.15) is 0 Å². The lowest BCUT2D eigenvalue weighted by molar-refractivity contribution is -0.144. The predicted octanol–water partition coefficient (Wildman–Crippen LogP) is 3.84. The van der Waals surface area contributed by atoms with Crippen molar-refractivity contribution in [2.75, 3.05) is 44.2 Å². The van der Waals surface area contributed by atoms with Crippen molar-refractivity contribution >= 4 is 17.5 Å². The molecule has 0 unspecified atom stereocenters. The van der Waals surface area contributed by atoms with Crippen LogP contribution >= 0.6 is 0 Å².